The summed E-state index contributed by atoms with van der Waals surface area (Å²) in [6.45, 7) is 7.64. The molecule has 0 atom stereocenters. The van der Waals surface area contributed by atoms with Gasteiger partial charge in [-0.2, -0.15) is 0 Å². The number of aryl methyl sites for hydroxylation is 2. The van der Waals surface area contributed by atoms with Crippen LogP contribution in [0.4, 0.5) is 0 Å². The normalized spacial score (nSPS) is 11.1. The molecule has 2 aromatic heterocycles. The molecule has 0 aliphatic carbocycles. The Hall–Kier alpha value is -2.07. The molecule has 0 N–H and O–H groups in total. The van der Waals surface area contributed by atoms with Crippen LogP contribution in [0.3, 0.4) is 0 Å². The fraction of sp³-hybridized carbons (Fsp3) is 0.316. The second-order valence-electron chi connectivity index (χ2n) is 6.03. The topological polar surface area (TPSA) is 25.2 Å². The van der Waals surface area contributed by atoms with Crippen molar-refractivity contribution < 1.29 is 4.79 Å². The van der Waals surface area contributed by atoms with E-state index in [0.29, 0.717) is 6.54 Å². The van der Waals surface area contributed by atoms with Crippen LogP contribution in [0.25, 0.3) is 10.2 Å². The molecule has 0 bridgehead atoms. The van der Waals surface area contributed by atoms with Gasteiger partial charge in [-0.1, -0.05) is 29.8 Å². The summed E-state index contributed by atoms with van der Waals surface area (Å²) in [4.78, 5) is 15.8. The lowest BCUT2D eigenvalue weighted by Gasteiger charge is -2.17. The van der Waals surface area contributed by atoms with Crippen molar-refractivity contribution in [2.24, 2.45) is 0 Å². The fourth-order valence-corrected chi connectivity index (χ4v) is 3.81. The number of rotatable bonds is 4. The van der Waals surface area contributed by atoms with Crippen molar-refractivity contribution in [1.82, 2.24) is 9.47 Å². The molecule has 0 saturated carbocycles. The first kappa shape index (κ1) is 15.8. The van der Waals surface area contributed by atoms with Crippen molar-refractivity contribution >= 4 is 27.5 Å². The van der Waals surface area contributed by atoms with Gasteiger partial charge in [-0.05, 0) is 38.5 Å². The van der Waals surface area contributed by atoms with Crippen molar-refractivity contribution in [3.63, 3.8) is 0 Å². The third kappa shape index (κ3) is 3.04. The van der Waals surface area contributed by atoms with Crippen LogP contribution in [0, 0.1) is 13.8 Å². The van der Waals surface area contributed by atoms with E-state index >= 15 is 0 Å². The third-order valence-corrected chi connectivity index (χ3v) is 5.16. The van der Waals surface area contributed by atoms with E-state index in [1.807, 2.05) is 20.0 Å². The number of nitrogens with zero attached hydrogens (tertiary/aromatic N) is 2. The number of aromatic nitrogens is 1. The van der Waals surface area contributed by atoms with Crippen molar-refractivity contribution in [2.45, 2.75) is 27.3 Å². The van der Waals surface area contributed by atoms with Gasteiger partial charge in [0.15, 0.2) is 0 Å². The highest BCUT2D eigenvalue weighted by atomic mass is 32.1. The SMILES string of the molecule is CCN(C)C(=O)c1cc2sc(C)cc2n1Cc1cccc(C)c1. The zero-order chi connectivity index (χ0) is 16.6. The molecule has 120 valence electrons. The van der Waals surface area contributed by atoms with E-state index in [0.717, 1.165) is 17.8 Å². The first-order chi connectivity index (χ1) is 11.0. The van der Waals surface area contributed by atoms with Gasteiger partial charge in [0, 0.05) is 25.0 Å². The van der Waals surface area contributed by atoms with Gasteiger partial charge in [0.25, 0.3) is 5.91 Å². The number of amides is 1. The Kier molecular flexibility index (Phi) is 4.26. The Morgan fingerprint density at radius 1 is 1.22 bits per heavy atom. The van der Waals surface area contributed by atoms with E-state index in [-0.39, 0.29) is 5.91 Å². The molecule has 2 heterocycles. The molecule has 4 heteroatoms. The molecule has 0 unspecified atom stereocenters. The average Bonchev–Trinajstić information content (AvgIpc) is 3.03. The van der Waals surface area contributed by atoms with Gasteiger partial charge in [-0.3, -0.25) is 4.79 Å². The Morgan fingerprint density at radius 2 is 2.00 bits per heavy atom. The zero-order valence-electron chi connectivity index (χ0n) is 14.1. The number of carbonyl (C=O) groups excluding carboxylic acids is 1. The molecule has 3 aromatic rings. The molecule has 0 saturated heterocycles. The van der Waals surface area contributed by atoms with Crippen molar-refractivity contribution in [1.29, 1.82) is 0 Å². The first-order valence-electron chi connectivity index (χ1n) is 7.90. The van der Waals surface area contributed by atoms with E-state index in [4.69, 9.17) is 0 Å². The van der Waals surface area contributed by atoms with Gasteiger partial charge in [0.2, 0.25) is 0 Å². The molecule has 0 aliphatic rings. The van der Waals surface area contributed by atoms with E-state index in [1.54, 1.807) is 16.2 Å². The molecule has 0 fully saturated rings. The molecule has 3 rings (SSSR count). The number of benzene rings is 1. The van der Waals surface area contributed by atoms with Gasteiger partial charge >= 0.3 is 0 Å². The monoisotopic (exact) mass is 326 g/mol. The van der Waals surface area contributed by atoms with E-state index in [9.17, 15) is 4.79 Å². The molecule has 3 nitrogen and oxygen atoms in total. The maximum absolute atomic E-state index is 12.7. The zero-order valence-corrected chi connectivity index (χ0v) is 14.9. The highest BCUT2D eigenvalue weighted by Gasteiger charge is 2.19. The summed E-state index contributed by atoms with van der Waals surface area (Å²) in [5, 5.41) is 0. The number of thiophene rings is 1. The van der Waals surface area contributed by atoms with Crippen LogP contribution in [0.1, 0.15) is 33.4 Å². The molecule has 1 aromatic carbocycles. The van der Waals surface area contributed by atoms with Crippen LogP contribution >= 0.6 is 11.3 Å². The quantitative estimate of drug-likeness (QED) is 0.695. The summed E-state index contributed by atoms with van der Waals surface area (Å²) in [5.74, 6) is 0.0845. The minimum atomic E-state index is 0.0845. The van der Waals surface area contributed by atoms with Gasteiger partial charge in [0.1, 0.15) is 5.69 Å². The predicted molar refractivity (Wildman–Crippen MR) is 97.5 cm³/mol. The maximum atomic E-state index is 12.7. The van der Waals surface area contributed by atoms with Crippen molar-refractivity contribution in [3.8, 4) is 0 Å². The molecular formula is C19H22N2OS. The van der Waals surface area contributed by atoms with Crippen molar-refractivity contribution in [2.75, 3.05) is 13.6 Å². The molecule has 1 amide bonds. The first-order valence-corrected chi connectivity index (χ1v) is 8.72. The van der Waals surface area contributed by atoms with Crippen LogP contribution in [0.5, 0.6) is 0 Å². The highest BCUT2D eigenvalue weighted by molar-refractivity contribution is 7.19. The number of hydrogen-bond donors (Lipinski definition) is 0. The molecule has 0 radical (unpaired) electrons. The Labute approximate surface area is 141 Å². The molecule has 23 heavy (non-hydrogen) atoms. The van der Waals surface area contributed by atoms with Gasteiger partial charge < -0.3 is 9.47 Å². The summed E-state index contributed by atoms with van der Waals surface area (Å²) in [7, 11) is 1.85. The maximum Gasteiger partial charge on any atom is 0.270 e. The average molecular weight is 326 g/mol. The predicted octanol–water partition coefficient (Wildman–Crippen LogP) is 4.46. The van der Waals surface area contributed by atoms with Crippen LogP contribution in [0.15, 0.2) is 36.4 Å². The van der Waals surface area contributed by atoms with Gasteiger partial charge in [-0.15, -0.1) is 11.3 Å². The van der Waals surface area contributed by atoms with Crippen LogP contribution in [0.2, 0.25) is 0 Å². The van der Waals surface area contributed by atoms with E-state index in [1.165, 1.54) is 20.7 Å². The third-order valence-electron chi connectivity index (χ3n) is 4.18. The molecule has 0 aliphatic heterocycles. The summed E-state index contributed by atoms with van der Waals surface area (Å²) < 4.78 is 3.34. The summed E-state index contributed by atoms with van der Waals surface area (Å²) in [6.07, 6.45) is 0. The summed E-state index contributed by atoms with van der Waals surface area (Å²) in [6, 6.07) is 12.7. The Morgan fingerprint density at radius 3 is 2.70 bits per heavy atom. The Bertz CT molecular complexity index is 860. The summed E-state index contributed by atoms with van der Waals surface area (Å²) >= 11 is 1.75. The smallest absolute Gasteiger partial charge is 0.270 e. The minimum absolute atomic E-state index is 0.0845. The van der Waals surface area contributed by atoms with Gasteiger partial charge in [-0.25, -0.2) is 0 Å². The molecular weight excluding hydrogens is 304 g/mol. The van der Waals surface area contributed by atoms with Crippen LogP contribution < -0.4 is 0 Å². The summed E-state index contributed by atoms with van der Waals surface area (Å²) in [5.41, 5.74) is 4.39. The van der Waals surface area contributed by atoms with E-state index < -0.39 is 0 Å². The van der Waals surface area contributed by atoms with Gasteiger partial charge in [0.05, 0.1) is 10.2 Å². The highest BCUT2D eigenvalue weighted by Crippen LogP contribution is 2.30. The van der Waals surface area contributed by atoms with Crippen molar-refractivity contribution in [3.05, 3.63) is 58.1 Å². The second kappa shape index (κ2) is 6.20. The minimum Gasteiger partial charge on any atom is -0.341 e. The number of hydrogen-bond acceptors (Lipinski definition) is 2. The fourth-order valence-electron chi connectivity index (χ4n) is 2.84. The lowest BCUT2D eigenvalue weighted by molar-refractivity contribution is 0.0793. The lowest BCUT2D eigenvalue weighted by Crippen LogP contribution is -2.28. The van der Waals surface area contributed by atoms with Crippen LogP contribution in [-0.4, -0.2) is 29.0 Å². The standard InChI is InChI=1S/C19H22N2OS/c1-5-20(4)19(22)17-11-18-16(10-14(3)23-18)21(17)12-15-8-6-7-13(2)9-15/h6-11H,5,12H2,1-4H3. The largest absolute Gasteiger partial charge is 0.341 e. The lowest BCUT2D eigenvalue weighted by atomic mass is 10.1. The number of fused-ring (bicyclic) bond motifs is 1. The Balaban J connectivity index is 2.09. The number of carbonyl (C=O) groups is 1. The molecule has 0 spiro atoms. The van der Waals surface area contributed by atoms with Crippen LogP contribution in [-0.2, 0) is 6.54 Å². The van der Waals surface area contributed by atoms with E-state index in [2.05, 4.69) is 48.7 Å². The second-order valence-corrected chi connectivity index (χ2v) is 7.32.